The minimum Gasteiger partial charge on any atom is -0.494 e. The average molecular weight is 618 g/mol. The van der Waals surface area contributed by atoms with Gasteiger partial charge in [-0.1, -0.05) is 30.7 Å². The summed E-state index contributed by atoms with van der Waals surface area (Å²) in [6.45, 7) is 7.43. The van der Waals surface area contributed by atoms with Crippen LogP contribution >= 0.6 is 0 Å². The summed E-state index contributed by atoms with van der Waals surface area (Å²) >= 11 is 0. The molecule has 6 rings (SSSR count). The van der Waals surface area contributed by atoms with Crippen molar-refractivity contribution in [3.8, 4) is 5.75 Å². The number of methoxy groups -OCH3 is 1. The first kappa shape index (κ1) is 26.5. The Labute approximate surface area is 264 Å². The minimum absolute atomic E-state index is 0.167. The zero-order chi connectivity index (χ0) is 33.2. The Morgan fingerprint density at radius 2 is 1.64 bits per heavy atom. The van der Waals surface area contributed by atoms with E-state index < -0.39 is 22.1 Å². The molecule has 2 fully saturated rings. The van der Waals surface area contributed by atoms with Crippen molar-refractivity contribution >= 4 is 49.6 Å². The lowest BCUT2D eigenvalue weighted by Crippen LogP contribution is -2.46. The minimum atomic E-state index is -3.58. The van der Waals surface area contributed by atoms with Crippen LogP contribution in [0.5, 0.6) is 5.75 Å². The SMILES string of the molecule is [2H]C([2H])([2H])Oc1cc(N2CCC(N3CCCCC3)CC2)ccc1Nc1nc(Nc2ccccc2S(=O)(=O)C(C)C)c2ccccc2n1. The van der Waals surface area contributed by atoms with E-state index in [2.05, 4.69) is 25.4 Å². The van der Waals surface area contributed by atoms with Crippen LogP contribution < -0.4 is 20.3 Å². The summed E-state index contributed by atoms with van der Waals surface area (Å²) in [4.78, 5) is 14.5. The number of rotatable bonds is 9. The number of hydrogen-bond donors (Lipinski definition) is 2. The molecule has 4 aromatic rings. The molecule has 10 heteroatoms. The molecular weight excluding hydrogens is 572 g/mol. The highest BCUT2D eigenvalue weighted by molar-refractivity contribution is 7.92. The van der Waals surface area contributed by atoms with E-state index in [0.29, 0.717) is 34.1 Å². The number of aromatic nitrogens is 2. The van der Waals surface area contributed by atoms with Gasteiger partial charge in [0.1, 0.15) is 11.6 Å². The number of benzene rings is 3. The molecule has 2 aliphatic heterocycles. The molecule has 9 nitrogen and oxygen atoms in total. The monoisotopic (exact) mass is 617 g/mol. The lowest BCUT2D eigenvalue weighted by molar-refractivity contribution is 0.141. The zero-order valence-electron chi connectivity index (χ0n) is 28.3. The highest BCUT2D eigenvalue weighted by Crippen LogP contribution is 2.35. The second kappa shape index (κ2) is 13.0. The van der Waals surface area contributed by atoms with Gasteiger partial charge >= 0.3 is 0 Å². The van der Waals surface area contributed by atoms with E-state index in [4.69, 9.17) is 13.8 Å². The van der Waals surface area contributed by atoms with Crippen LogP contribution in [0.25, 0.3) is 10.9 Å². The summed E-state index contributed by atoms with van der Waals surface area (Å²) in [6, 6.07) is 20.3. The smallest absolute Gasteiger partial charge is 0.229 e. The molecule has 0 radical (unpaired) electrons. The molecule has 2 saturated heterocycles. The molecule has 0 unspecified atom stereocenters. The standard InChI is InChI=1S/C34H42N6O3S/c1-24(2)44(41,42)32-14-8-7-13-30(32)35-33-27-11-5-6-12-28(27)36-34(38-33)37-29-16-15-26(23-31(29)43-3)40-21-17-25(18-22-40)39-19-9-4-10-20-39/h5-8,11-16,23-25H,4,9-10,17-22H2,1-3H3,(H2,35,36,37,38)/i3D3. The fourth-order valence-electron chi connectivity index (χ4n) is 6.22. The summed E-state index contributed by atoms with van der Waals surface area (Å²) in [5.74, 6) is 0.761. The number of para-hydroxylation sites is 2. The number of likely N-dealkylation sites (tertiary alicyclic amines) is 1. The Morgan fingerprint density at radius 3 is 2.41 bits per heavy atom. The second-order valence-electron chi connectivity index (χ2n) is 11.9. The van der Waals surface area contributed by atoms with Crippen LogP contribution in [-0.4, -0.2) is 67.8 Å². The van der Waals surface area contributed by atoms with Crippen molar-refractivity contribution in [2.45, 2.75) is 62.1 Å². The second-order valence-corrected chi connectivity index (χ2v) is 14.3. The number of piperidine rings is 2. The molecule has 232 valence electrons. The summed E-state index contributed by atoms with van der Waals surface area (Å²) < 4.78 is 55.3. The fraction of sp³-hybridized carbons (Fsp3) is 0.412. The van der Waals surface area contributed by atoms with Crippen LogP contribution in [-0.2, 0) is 9.84 Å². The summed E-state index contributed by atoms with van der Waals surface area (Å²) in [5.41, 5.74) is 2.31. The maximum atomic E-state index is 13.1. The number of sulfone groups is 1. The Bertz CT molecular complexity index is 1820. The molecule has 0 amide bonds. The Kier molecular flexibility index (Phi) is 7.83. The largest absolute Gasteiger partial charge is 0.494 e. The first-order valence-electron chi connectivity index (χ1n) is 16.9. The predicted octanol–water partition coefficient (Wildman–Crippen LogP) is 6.76. The maximum absolute atomic E-state index is 13.1. The van der Waals surface area contributed by atoms with Gasteiger partial charge in [0.25, 0.3) is 0 Å². The van der Waals surface area contributed by atoms with Crippen molar-refractivity contribution < 1.29 is 17.3 Å². The molecule has 3 aromatic carbocycles. The molecule has 0 aliphatic carbocycles. The van der Waals surface area contributed by atoms with Gasteiger partial charge < -0.3 is 25.2 Å². The van der Waals surface area contributed by atoms with Crippen LogP contribution in [0.2, 0.25) is 0 Å². The number of nitrogens with one attached hydrogen (secondary N) is 2. The highest BCUT2D eigenvalue weighted by atomic mass is 32.2. The first-order valence-corrected chi connectivity index (χ1v) is 17.0. The molecule has 3 heterocycles. The Morgan fingerprint density at radius 1 is 0.886 bits per heavy atom. The number of anilines is 5. The molecule has 2 N–H and O–H groups in total. The average Bonchev–Trinajstić information content (AvgIpc) is 3.05. The van der Waals surface area contributed by atoms with Gasteiger partial charge in [-0.3, -0.25) is 0 Å². The number of nitrogens with zero attached hydrogens (tertiary/aromatic N) is 4. The van der Waals surface area contributed by atoms with Crippen molar-refractivity contribution in [1.82, 2.24) is 14.9 Å². The predicted molar refractivity (Wildman–Crippen MR) is 179 cm³/mol. The van der Waals surface area contributed by atoms with E-state index in [1.807, 2.05) is 30.3 Å². The van der Waals surface area contributed by atoms with Gasteiger partial charge in [0, 0.05) is 36.3 Å². The first-order chi connectivity index (χ1) is 22.5. The van der Waals surface area contributed by atoms with Crippen molar-refractivity contribution in [3.63, 3.8) is 0 Å². The van der Waals surface area contributed by atoms with Crippen LogP contribution in [0.3, 0.4) is 0 Å². The van der Waals surface area contributed by atoms with E-state index in [9.17, 15) is 8.42 Å². The molecule has 1 aromatic heterocycles. The third kappa shape index (κ3) is 6.32. The van der Waals surface area contributed by atoms with Crippen LogP contribution in [0, 0.1) is 0 Å². The maximum Gasteiger partial charge on any atom is 0.229 e. The van der Waals surface area contributed by atoms with Crippen molar-refractivity contribution in [3.05, 3.63) is 66.7 Å². The quantitative estimate of drug-likeness (QED) is 0.211. The van der Waals surface area contributed by atoms with Gasteiger partial charge in [-0.05, 0) is 89.0 Å². The lowest BCUT2D eigenvalue weighted by Gasteiger charge is -2.41. The number of fused-ring (bicyclic) bond motifs is 1. The summed E-state index contributed by atoms with van der Waals surface area (Å²) in [5, 5.41) is 6.49. The Balaban J connectivity index is 1.29. The van der Waals surface area contributed by atoms with E-state index in [1.165, 1.54) is 32.4 Å². The van der Waals surface area contributed by atoms with Crippen LogP contribution in [0.15, 0.2) is 71.6 Å². The van der Waals surface area contributed by atoms with E-state index in [-0.39, 0.29) is 16.6 Å². The molecule has 2 aliphatic rings. The topological polar surface area (TPSA) is 99.7 Å². The molecule has 0 bridgehead atoms. The Hall–Kier alpha value is -3.89. The molecular formula is C34H42N6O3S. The normalized spacial score (nSPS) is 18.1. The molecule has 0 saturated carbocycles. The molecule has 0 spiro atoms. The van der Waals surface area contributed by atoms with Gasteiger partial charge in [-0.2, -0.15) is 4.98 Å². The third-order valence-electron chi connectivity index (χ3n) is 8.73. The van der Waals surface area contributed by atoms with E-state index in [1.54, 1.807) is 50.2 Å². The van der Waals surface area contributed by atoms with Crippen LogP contribution in [0.4, 0.5) is 28.8 Å². The van der Waals surface area contributed by atoms with Gasteiger partial charge in [-0.15, -0.1) is 0 Å². The summed E-state index contributed by atoms with van der Waals surface area (Å²) in [6.07, 6.45) is 6.00. The van der Waals surface area contributed by atoms with E-state index in [0.717, 1.165) is 31.6 Å². The third-order valence-corrected chi connectivity index (χ3v) is 10.9. The molecule has 0 atom stereocenters. The zero-order valence-corrected chi connectivity index (χ0v) is 26.1. The van der Waals surface area contributed by atoms with Gasteiger partial charge in [-0.25, -0.2) is 13.4 Å². The van der Waals surface area contributed by atoms with E-state index >= 15 is 0 Å². The fourth-order valence-corrected chi connectivity index (χ4v) is 7.42. The van der Waals surface area contributed by atoms with Crippen molar-refractivity contribution in [1.29, 1.82) is 0 Å². The van der Waals surface area contributed by atoms with Gasteiger partial charge in [0.15, 0.2) is 9.84 Å². The van der Waals surface area contributed by atoms with Crippen LogP contribution in [0.1, 0.15) is 50.1 Å². The molecule has 44 heavy (non-hydrogen) atoms. The van der Waals surface area contributed by atoms with Gasteiger partial charge in [0.2, 0.25) is 5.95 Å². The van der Waals surface area contributed by atoms with Crippen molar-refractivity contribution in [2.75, 3.05) is 48.8 Å². The lowest BCUT2D eigenvalue weighted by atomic mass is 9.99. The van der Waals surface area contributed by atoms with Gasteiger partial charge in [0.05, 0.1) is 38.2 Å². The number of hydrogen-bond acceptors (Lipinski definition) is 9. The summed E-state index contributed by atoms with van der Waals surface area (Å²) in [7, 11) is -6.25. The number of ether oxygens (including phenoxy) is 1. The van der Waals surface area contributed by atoms with Crippen molar-refractivity contribution in [2.24, 2.45) is 0 Å². The highest BCUT2D eigenvalue weighted by Gasteiger charge is 2.26.